The quantitative estimate of drug-likeness (QED) is 0.712. The highest BCUT2D eigenvalue weighted by molar-refractivity contribution is 5.13. The van der Waals surface area contributed by atoms with Crippen molar-refractivity contribution in [3.05, 3.63) is 11.7 Å². The molecule has 1 nitrogen and oxygen atoms in total. The first-order valence-corrected chi connectivity index (χ1v) is 3.87. The van der Waals surface area contributed by atoms with E-state index in [0.717, 1.165) is 0 Å². The van der Waals surface area contributed by atoms with Crippen LogP contribution in [-0.4, -0.2) is 25.6 Å². The average molecular weight is 294 g/mol. The van der Waals surface area contributed by atoms with Gasteiger partial charge >= 0.3 is 18.5 Å². The van der Waals surface area contributed by atoms with E-state index in [9.17, 15) is 43.9 Å². The lowest BCUT2D eigenvalue weighted by Crippen LogP contribution is -2.38. The second kappa shape index (κ2) is 4.94. The summed E-state index contributed by atoms with van der Waals surface area (Å²) in [6.45, 7) is 0. The van der Waals surface area contributed by atoms with Crippen molar-refractivity contribution in [3.8, 4) is 0 Å². The Hall–Kier alpha value is -1.00. The Morgan fingerprint density at radius 1 is 0.833 bits per heavy atom. The minimum Gasteiger partial charge on any atom is -0.318 e. The number of rotatable bonds is 3. The van der Waals surface area contributed by atoms with Gasteiger partial charge in [-0.3, -0.25) is 0 Å². The van der Waals surface area contributed by atoms with Crippen LogP contribution >= 0.6 is 0 Å². The average Bonchev–Trinajstić information content (AvgIpc) is 2.11. The van der Waals surface area contributed by atoms with Crippen LogP contribution in [0.2, 0.25) is 0 Å². The Balaban J connectivity index is 5.75. The fraction of sp³-hybridized carbons (Fsp3) is 0.714. The molecule has 0 unspecified atom stereocenters. The Bertz CT molecular complexity index is 310. The minimum absolute atomic E-state index is 0.0725. The van der Waals surface area contributed by atoms with Gasteiger partial charge in [0.15, 0.2) is 5.83 Å². The molecule has 0 spiro atoms. The number of alkyl halides is 8. The van der Waals surface area contributed by atoms with Crippen LogP contribution in [0.15, 0.2) is 11.7 Å². The number of halogens is 10. The summed E-state index contributed by atoms with van der Waals surface area (Å²) in [5.74, 6) is -12.3. The summed E-state index contributed by atoms with van der Waals surface area (Å²) in [4.78, 5) is 0. The number of hydrogen-bond donors (Lipinski definition) is 0. The second-order valence-electron chi connectivity index (χ2n) is 2.90. The first kappa shape index (κ1) is 17.0. The largest absolute Gasteiger partial charge is 0.411 e. The summed E-state index contributed by atoms with van der Waals surface area (Å²) in [6.07, 6.45) is -17.9. The monoisotopic (exact) mass is 294 g/mol. The molecule has 0 amide bonds. The molecule has 0 aliphatic heterocycles. The van der Waals surface area contributed by atoms with E-state index >= 15 is 0 Å². The van der Waals surface area contributed by atoms with Gasteiger partial charge in [-0.2, -0.15) is 39.5 Å². The van der Waals surface area contributed by atoms with Gasteiger partial charge in [0.25, 0.3) is 0 Å². The number of allylic oxidation sites excluding steroid dienone is 1. The van der Waals surface area contributed by atoms with Gasteiger partial charge in [-0.1, -0.05) is 0 Å². The predicted octanol–water partition coefficient (Wildman–Crippen LogP) is 4.12. The van der Waals surface area contributed by atoms with E-state index in [-0.39, 0.29) is 7.11 Å². The van der Waals surface area contributed by atoms with Gasteiger partial charge in [-0.15, -0.1) is 0 Å². The molecule has 18 heavy (non-hydrogen) atoms. The van der Waals surface area contributed by atoms with E-state index in [1.165, 1.54) is 0 Å². The molecular weight excluding hydrogens is 290 g/mol. The molecule has 0 fully saturated rings. The van der Waals surface area contributed by atoms with Crippen molar-refractivity contribution in [2.75, 3.05) is 7.11 Å². The molecule has 0 heterocycles. The van der Waals surface area contributed by atoms with E-state index < -0.39 is 36.0 Å². The third kappa shape index (κ3) is 3.75. The van der Waals surface area contributed by atoms with Gasteiger partial charge in [0.05, 0.1) is 0 Å². The first-order valence-electron chi connectivity index (χ1n) is 3.87. The number of methoxy groups -OCH3 is 1. The Kier molecular flexibility index (Phi) is 4.66. The Morgan fingerprint density at radius 2 is 1.17 bits per heavy atom. The summed E-state index contributed by atoms with van der Waals surface area (Å²) >= 11 is 0. The Labute approximate surface area is 93.0 Å². The second-order valence-corrected chi connectivity index (χ2v) is 2.90. The molecule has 0 N–H and O–H groups in total. The summed E-state index contributed by atoms with van der Waals surface area (Å²) in [6, 6.07) is 0. The zero-order valence-electron chi connectivity index (χ0n) is 8.27. The van der Waals surface area contributed by atoms with Crippen molar-refractivity contribution in [2.24, 2.45) is 5.92 Å². The fourth-order valence-corrected chi connectivity index (χ4v) is 0.828. The van der Waals surface area contributed by atoms with E-state index in [1.54, 1.807) is 0 Å². The molecule has 0 aliphatic carbocycles. The van der Waals surface area contributed by atoms with E-state index in [2.05, 4.69) is 4.74 Å². The smallest absolute Gasteiger partial charge is 0.318 e. The van der Waals surface area contributed by atoms with Crippen molar-refractivity contribution in [1.82, 2.24) is 0 Å². The van der Waals surface area contributed by atoms with Crippen LogP contribution in [0, 0.1) is 5.92 Å². The normalized spacial score (nSPS) is 16.0. The van der Waals surface area contributed by atoms with Gasteiger partial charge in [-0.05, 0) is 0 Å². The van der Waals surface area contributed by atoms with Crippen LogP contribution in [0.5, 0.6) is 0 Å². The first-order chi connectivity index (χ1) is 7.75. The van der Waals surface area contributed by atoms with Gasteiger partial charge in [0.1, 0.15) is 0 Å². The zero-order chi connectivity index (χ0) is 14.9. The van der Waals surface area contributed by atoms with Gasteiger partial charge in [-0.25, -0.2) is 4.39 Å². The van der Waals surface area contributed by atoms with E-state index in [1.807, 2.05) is 0 Å². The molecule has 0 atom stereocenters. The van der Waals surface area contributed by atoms with Crippen LogP contribution in [0.3, 0.4) is 0 Å². The maximum absolute atomic E-state index is 12.6. The summed E-state index contributed by atoms with van der Waals surface area (Å²) in [5, 5.41) is 0. The highest BCUT2D eigenvalue weighted by Gasteiger charge is 2.61. The molecule has 0 saturated heterocycles. The fourth-order valence-electron chi connectivity index (χ4n) is 0.828. The minimum atomic E-state index is -6.32. The van der Waals surface area contributed by atoms with Crippen LogP contribution in [0.25, 0.3) is 0 Å². The predicted molar refractivity (Wildman–Crippen MR) is 36.8 cm³/mol. The number of ether oxygens (including phenoxy) is 1. The zero-order valence-corrected chi connectivity index (χ0v) is 8.27. The van der Waals surface area contributed by atoms with Crippen molar-refractivity contribution in [3.63, 3.8) is 0 Å². The summed E-state index contributed by atoms with van der Waals surface area (Å²) < 4.78 is 124. The van der Waals surface area contributed by atoms with Crippen LogP contribution in [-0.2, 0) is 4.74 Å². The topological polar surface area (TPSA) is 9.23 Å². The van der Waals surface area contributed by atoms with Crippen molar-refractivity contribution in [1.29, 1.82) is 0 Å². The third-order valence-corrected chi connectivity index (χ3v) is 1.63. The Morgan fingerprint density at radius 3 is 1.39 bits per heavy atom. The van der Waals surface area contributed by atoms with E-state index in [4.69, 9.17) is 0 Å². The lowest BCUT2D eigenvalue weighted by Gasteiger charge is -2.23. The van der Waals surface area contributed by atoms with Gasteiger partial charge in [0.2, 0.25) is 11.7 Å². The number of hydrogen-bond acceptors (Lipinski definition) is 1. The highest BCUT2D eigenvalue weighted by atomic mass is 19.4. The van der Waals surface area contributed by atoms with Crippen LogP contribution in [0.1, 0.15) is 0 Å². The molecule has 0 saturated carbocycles. The SMILES string of the molecule is COC(F)(F)/C(F)=C(\F)C(C(F)(F)F)C(F)(F)F. The molecule has 108 valence electrons. The maximum atomic E-state index is 12.6. The molecule has 0 aromatic rings. The molecule has 0 aromatic carbocycles. The van der Waals surface area contributed by atoms with Gasteiger partial charge < -0.3 is 4.74 Å². The lowest BCUT2D eigenvalue weighted by molar-refractivity contribution is -0.278. The molecule has 0 radical (unpaired) electrons. The third-order valence-electron chi connectivity index (χ3n) is 1.63. The van der Waals surface area contributed by atoms with Crippen molar-refractivity contribution in [2.45, 2.75) is 18.5 Å². The van der Waals surface area contributed by atoms with E-state index in [0.29, 0.717) is 0 Å². The molecule has 0 bridgehead atoms. The van der Waals surface area contributed by atoms with Crippen molar-refractivity contribution < 1.29 is 48.6 Å². The molecular formula is C7H4F10O. The molecule has 0 aromatic heterocycles. The molecule has 0 rings (SSSR count). The van der Waals surface area contributed by atoms with Crippen LogP contribution in [0.4, 0.5) is 43.9 Å². The van der Waals surface area contributed by atoms with Gasteiger partial charge in [0, 0.05) is 7.11 Å². The standard InChI is InChI=1S/C7H4F10O/c1-18-7(16,17)4(9)2(8)3(5(10,11)12)6(13,14)15/h3H,1H3/b4-2+. The summed E-state index contributed by atoms with van der Waals surface area (Å²) in [7, 11) is 0.0725. The highest BCUT2D eigenvalue weighted by Crippen LogP contribution is 2.47. The maximum Gasteiger partial charge on any atom is 0.411 e. The van der Waals surface area contributed by atoms with Crippen LogP contribution < -0.4 is 0 Å². The molecule has 11 heteroatoms. The lowest BCUT2D eigenvalue weighted by atomic mass is 10.1. The molecule has 0 aliphatic rings. The summed E-state index contributed by atoms with van der Waals surface area (Å²) in [5.41, 5.74) is 0. The van der Waals surface area contributed by atoms with Crippen molar-refractivity contribution >= 4 is 0 Å².